The first-order valence-electron chi connectivity index (χ1n) is 5.51. The van der Waals surface area contributed by atoms with Crippen molar-refractivity contribution in [1.82, 2.24) is 4.90 Å². The molecule has 0 aromatic heterocycles. The van der Waals surface area contributed by atoms with E-state index in [-0.39, 0.29) is 12.2 Å². The molecule has 0 spiro atoms. The molecule has 0 radical (unpaired) electrons. The van der Waals surface area contributed by atoms with Crippen molar-refractivity contribution in [2.45, 2.75) is 32.5 Å². The van der Waals surface area contributed by atoms with Crippen molar-refractivity contribution in [3.63, 3.8) is 0 Å². The monoisotopic (exact) mass is 231 g/mol. The molecule has 1 rings (SSSR count). The van der Waals surface area contributed by atoms with Gasteiger partial charge >= 0.3 is 6.09 Å². The average Bonchev–Trinajstić information content (AvgIpc) is 2.92. The van der Waals surface area contributed by atoms with Crippen molar-refractivity contribution >= 4 is 6.09 Å². The van der Waals surface area contributed by atoms with Gasteiger partial charge in [-0.2, -0.15) is 0 Å². The molecular weight excluding hydrogens is 210 g/mol. The summed E-state index contributed by atoms with van der Waals surface area (Å²) in [5, 5.41) is 0. The van der Waals surface area contributed by atoms with Crippen LogP contribution in [0.15, 0.2) is 0 Å². The van der Waals surface area contributed by atoms with E-state index in [1.54, 1.807) is 12.0 Å². The molecule has 0 N–H and O–H groups in total. The fraction of sp³-hybridized carbons (Fsp3) is 0.909. The maximum atomic E-state index is 11.8. The number of epoxide rings is 1. The minimum absolute atomic E-state index is 0.171. The zero-order valence-electron chi connectivity index (χ0n) is 10.5. The second-order valence-electron chi connectivity index (χ2n) is 4.87. The molecule has 0 aliphatic carbocycles. The van der Waals surface area contributed by atoms with Gasteiger partial charge < -0.3 is 19.1 Å². The molecule has 0 aromatic carbocycles. The summed E-state index contributed by atoms with van der Waals surface area (Å²) in [6, 6.07) is 0. The summed E-state index contributed by atoms with van der Waals surface area (Å²) in [5.41, 5.74) is -0.465. The molecule has 1 amide bonds. The second-order valence-corrected chi connectivity index (χ2v) is 4.87. The smallest absolute Gasteiger partial charge is 0.410 e. The summed E-state index contributed by atoms with van der Waals surface area (Å²) >= 11 is 0. The SMILES string of the molecule is COCCN(CC1CO1)C(=O)OC(C)(C)C. The zero-order valence-corrected chi connectivity index (χ0v) is 10.5. The van der Waals surface area contributed by atoms with Crippen LogP contribution in [0, 0.1) is 0 Å². The molecule has 0 bridgehead atoms. The highest BCUT2D eigenvalue weighted by Crippen LogP contribution is 2.14. The first-order valence-corrected chi connectivity index (χ1v) is 5.51. The van der Waals surface area contributed by atoms with Gasteiger partial charge in [0.1, 0.15) is 5.60 Å². The third kappa shape index (κ3) is 5.32. The van der Waals surface area contributed by atoms with Crippen molar-refractivity contribution in [2.24, 2.45) is 0 Å². The first kappa shape index (κ1) is 13.3. The molecule has 5 nitrogen and oxygen atoms in total. The van der Waals surface area contributed by atoms with Crippen LogP contribution < -0.4 is 0 Å². The highest BCUT2D eigenvalue weighted by atomic mass is 16.6. The second kappa shape index (κ2) is 5.50. The van der Waals surface area contributed by atoms with Gasteiger partial charge in [0.05, 0.1) is 25.9 Å². The zero-order chi connectivity index (χ0) is 12.2. The van der Waals surface area contributed by atoms with Gasteiger partial charge in [-0.3, -0.25) is 0 Å². The van der Waals surface area contributed by atoms with E-state index in [9.17, 15) is 4.79 Å². The number of rotatable bonds is 5. The number of hydrogen-bond donors (Lipinski definition) is 0. The number of ether oxygens (including phenoxy) is 3. The van der Waals surface area contributed by atoms with Gasteiger partial charge in [0.2, 0.25) is 0 Å². The summed E-state index contributed by atoms with van der Waals surface area (Å²) in [4.78, 5) is 13.5. The fourth-order valence-electron chi connectivity index (χ4n) is 1.20. The maximum absolute atomic E-state index is 11.8. The summed E-state index contributed by atoms with van der Waals surface area (Å²) in [7, 11) is 1.61. The molecule has 1 saturated heterocycles. The van der Waals surface area contributed by atoms with Gasteiger partial charge in [-0.15, -0.1) is 0 Å². The maximum Gasteiger partial charge on any atom is 0.410 e. The van der Waals surface area contributed by atoms with Gasteiger partial charge in [0.15, 0.2) is 0 Å². The molecule has 1 fully saturated rings. The standard InChI is InChI=1S/C11H21NO4/c1-11(2,3)16-10(13)12(5-6-14-4)7-9-8-15-9/h9H,5-8H2,1-4H3. The lowest BCUT2D eigenvalue weighted by molar-refractivity contribution is 0.0188. The molecule has 1 atom stereocenters. The van der Waals surface area contributed by atoms with Crippen molar-refractivity contribution in [3.8, 4) is 0 Å². The Balaban J connectivity index is 2.42. The van der Waals surface area contributed by atoms with Gasteiger partial charge in [-0.25, -0.2) is 4.79 Å². The predicted molar refractivity (Wildman–Crippen MR) is 59.4 cm³/mol. The number of methoxy groups -OCH3 is 1. The van der Waals surface area contributed by atoms with E-state index in [0.717, 1.165) is 6.61 Å². The van der Waals surface area contributed by atoms with Gasteiger partial charge in [-0.1, -0.05) is 0 Å². The van der Waals surface area contributed by atoms with Crippen LogP contribution in [0.1, 0.15) is 20.8 Å². The van der Waals surface area contributed by atoms with Crippen LogP contribution in [0.2, 0.25) is 0 Å². The highest BCUT2D eigenvalue weighted by molar-refractivity contribution is 5.68. The van der Waals surface area contributed by atoms with Crippen molar-refractivity contribution < 1.29 is 19.0 Å². The lowest BCUT2D eigenvalue weighted by Gasteiger charge is -2.26. The van der Waals surface area contributed by atoms with E-state index in [4.69, 9.17) is 14.2 Å². The quantitative estimate of drug-likeness (QED) is 0.669. The molecule has 5 heteroatoms. The normalized spacial score (nSPS) is 19.4. The minimum Gasteiger partial charge on any atom is -0.444 e. The van der Waals surface area contributed by atoms with E-state index < -0.39 is 5.60 Å². The molecule has 1 unspecified atom stereocenters. The van der Waals surface area contributed by atoms with E-state index in [1.165, 1.54) is 0 Å². The Bertz CT molecular complexity index is 233. The molecule has 16 heavy (non-hydrogen) atoms. The lowest BCUT2D eigenvalue weighted by Crippen LogP contribution is -2.40. The molecule has 1 aliphatic rings. The Morgan fingerprint density at radius 1 is 1.50 bits per heavy atom. The van der Waals surface area contributed by atoms with Crippen LogP contribution >= 0.6 is 0 Å². The van der Waals surface area contributed by atoms with Crippen LogP contribution in [-0.4, -0.2) is 56.1 Å². The van der Waals surface area contributed by atoms with Crippen molar-refractivity contribution in [3.05, 3.63) is 0 Å². The van der Waals surface area contributed by atoms with Crippen LogP contribution in [0.4, 0.5) is 4.79 Å². The minimum atomic E-state index is -0.465. The highest BCUT2D eigenvalue weighted by Gasteiger charge is 2.30. The summed E-state index contributed by atoms with van der Waals surface area (Å²) in [6.45, 7) is 7.91. The molecule has 0 saturated carbocycles. The largest absolute Gasteiger partial charge is 0.444 e. The number of carbonyl (C=O) groups is 1. The Morgan fingerprint density at radius 3 is 2.56 bits per heavy atom. The summed E-state index contributed by atoms with van der Waals surface area (Å²) in [5.74, 6) is 0. The van der Waals surface area contributed by atoms with E-state index in [1.807, 2.05) is 20.8 Å². The predicted octanol–water partition coefficient (Wildman–Crippen LogP) is 1.27. The van der Waals surface area contributed by atoms with Gasteiger partial charge in [0, 0.05) is 13.7 Å². The molecule has 1 heterocycles. The van der Waals surface area contributed by atoms with E-state index in [0.29, 0.717) is 19.7 Å². The van der Waals surface area contributed by atoms with E-state index in [2.05, 4.69) is 0 Å². The van der Waals surface area contributed by atoms with Crippen LogP contribution in [-0.2, 0) is 14.2 Å². The molecular formula is C11H21NO4. The molecule has 0 aromatic rings. The summed E-state index contributed by atoms with van der Waals surface area (Å²) < 4.78 is 15.4. The van der Waals surface area contributed by atoms with Crippen LogP contribution in [0.5, 0.6) is 0 Å². The molecule has 1 aliphatic heterocycles. The van der Waals surface area contributed by atoms with Gasteiger partial charge in [-0.05, 0) is 20.8 Å². The van der Waals surface area contributed by atoms with Crippen LogP contribution in [0.25, 0.3) is 0 Å². The number of hydrogen-bond acceptors (Lipinski definition) is 4. The molecule has 94 valence electrons. The third-order valence-electron chi connectivity index (χ3n) is 2.04. The van der Waals surface area contributed by atoms with Crippen molar-refractivity contribution in [1.29, 1.82) is 0 Å². The lowest BCUT2D eigenvalue weighted by atomic mass is 10.2. The van der Waals surface area contributed by atoms with Gasteiger partial charge in [0.25, 0.3) is 0 Å². The number of carbonyl (C=O) groups excluding carboxylic acids is 1. The number of amides is 1. The average molecular weight is 231 g/mol. The first-order chi connectivity index (χ1) is 7.42. The fourth-order valence-corrected chi connectivity index (χ4v) is 1.20. The Hall–Kier alpha value is -0.810. The van der Waals surface area contributed by atoms with E-state index >= 15 is 0 Å². The topological polar surface area (TPSA) is 51.3 Å². The van der Waals surface area contributed by atoms with Crippen molar-refractivity contribution in [2.75, 3.05) is 33.4 Å². The Morgan fingerprint density at radius 2 is 2.12 bits per heavy atom. The Labute approximate surface area is 96.6 Å². The third-order valence-corrected chi connectivity index (χ3v) is 2.04. The number of nitrogens with zero attached hydrogens (tertiary/aromatic N) is 1. The van der Waals surface area contributed by atoms with Crippen LogP contribution in [0.3, 0.4) is 0 Å². The summed E-state index contributed by atoms with van der Waals surface area (Å²) in [6.07, 6.45) is -0.135. The Kier molecular flexibility index (Phi) is 4.56.